The second-order valence-corrected chi connectivity index (χ2v) is 11.1. The summed E-state index contributed by atoms with van der Waals surface area (Å²) in [4.78, 5) is 43.0. The van der Waals surface area contributed by atoms with Crippen LogP contribution >= 0.6 is 35.4 Å². The van der Waals surface area contributed by atoms with Crippen LogP contribution < -0.4 is 10.6 Å². The number of aliphatic hydroxyl groups is 2. The van der Waals surface area contributed by atoms with E-state index in [2.05, 4.69) is 15.5 Å². The van der Waals surface area contributed by atoms with Crippen molar-refractivity contribution in [2.45, 2.75) is 50.1 Å². The van der Waals surface area contributed by atoms with Crippen molar-refractivity contribution in [3.05, 3.63) is 33.8 Å². The van der Waals surface area contributed by atoms with E-state index in [-0.39, 0.29) is 43.1 Å². The normalized spacial score (nSPS) is 20.4. The van der Waals surface area contributed by atoms with E-state index in [4.69, 9.17) is 45.3 Å². The Morgan fingerprint density at radius 3 is 2.38 bits per heavy atom. The highest BCUT2D eigenvalue weighted by Crippen LogP contribution is 2.25. The first kappa shape index (κ1) is 32.1. The Morgan fingerprint density at radius 1 is 1.10 bits per heavy atom. The SMILES string of the molecule is COC(=O)N1C[C@@H](CN2CCCC2)N(C(=O)Cc2ccc(Cl)c(Cl)c2)C[C@@H]1CNC(=S)N[C@H](CC(=O)O)C(O)O. The number of halogens is 2. The number of hydrogen-bond donors (Lipinski definition) is 5. The van der Waals surface area contributed by atoms with Crippen molar-refractivity contribution >= 4 is 58.5 Å². The minimum Gasteiger partial charge on any atom is -0.481 e. The summed E-state index contributed by atoms with van der Waals surface area (Å²) in [5.41, 5.74) is 0.710. The lowest BCUT2D eigenvalue weighted by molar-refractivity contribution is -0.141. The first-order valence-electron chi connectivity index (χ1n) is 12.9. The molecule has 0 aromatic heterocycles. The molecule has 222 valence electrons. The molecular weight excluding hydrogens is 585 g/mol. The molecule has 5 N–H and O–H groups in total. The number of carbonyl (C=O) groups is 3. The quantitative estimate of drug-likeness (QED) is 0.187. The molecule has 1 aromatic rings. The van der Waals surface area contributed by atoms with Crippen LogP contribution in [0.3, 0.4) is 0 Å². The number of thiocarbonyl (C=S) groups is 1. The van der Waals surface area contributed by atoms with Gasteiger partial charge in [0.15, 0.2) is 11.4 Å². The van der Waals surface area contributed by atoms with E-state index in [0.717, 1.165) is 25.9 Å². The Hall–Kier alpha value is -2.42. The molecule has 2 heterocycles. The molecule has 2 aliphatic heterocycles. The molecule has 12 nitrogen and oxygen atoms in total. The van der Waals surface area contributed by atoms with Gasteiger partial charge in [0.05, 0.1) is 48.1 Å². The second kappa shape index (κ2) is 15.0. The molecule has 0 saturated carbocycles. The van der Waals surface area contributed by atoms with Crippen LogP contribution in [0.25, 0.3) is 0 Å². The number of aliphatic hydroxyl groups excluding tert-OH is 1. The van der Waals surface area contributed by atoms with E-state index in [0.29, 0.717) is 22.2 Å². The van der Waals surface area contributed by atoms with Crippen molar-refractivity contribution in [3.8, 4) is 0 Å². The summed E-state index contributed by atoms with van der Waals surface area (Å²) < 4.78 is 5.04. The summed E-state index contributed by atoms with van der Waals surface area (Å²) in [6, 6.07) is 2.99. The summed E-state index contributed by atoms with van der Waals surface area (Å²) in [5, 5.41) is 34.2. The van der Waals surface area contributed by atoms with Gasteiger partial charge in [-0.2, -0.15) is 0 Å². The summed E-state index contributed by atoms with van der Waals surface area (Å²) in [6.45, 7) is 2.96. The number of carboxylic acids is 1. The predicted molar refractivity (Wildman–Crippen MR) is 152 cm³/mol. The number of piperazine rings is 1. The lowest BCUT2D eigenvalue weighted by Crippen LogP contribution is -2.66. The first-order valence-corrected chi connectivity index (χ1v) is 14.1. The highest BCUT2D eigenvalue weighted by atomic mass is 35.5. The minimum absolute atomic E-state index is 0.0305. The van der Waals surface area contributed by atoms with Gasteiger partial charge in [0.2, 0.25) is 5.91 Å². The van der Waals surface area contributed by atoms with Crippen molar-refractivity contribution in [1.29, 1.82) is 0 Å². The molecule has 0 spiro atoms. The van der Waals surface area contributed by atoms with Gasteiger partial charge >= 0.3 is 12.1 Å². The van der Waals surface area contributed by atoms with Crippen molar-refractivity contribution in [2.24, 2.45) is 0 Å². The summed E-state index contributed by atoms with van der Waals surface area (Å²) >= 11 is 17.4. The molecule has 0 aliphatic carbocycles. The Balaban J connectivity index is 1.77. The fourth-order valence-corrected chi connectivity index (χ4v) is 5.52. The number of nitrogens with zero attached hydrogens (tertiary/aromatic N) is 3. The molecule has 15 heteroatoms. The number of aliphatic carboxylic acids is 1. The maximum absolute atomic E-state index is 13.6. The van der Waals surface area contributed by atoms with E-state index in [1.54, 1.807) is 28.0 Å². The molecule has 3 rings (SSSR count). The van der Waals surface area contributed by atoms with E-state index in [1.165, 1.54) is 7.11 Å². The highest BCUT2D eigenvalue weighted by molar-refractivity contribution is 7.80. The Bertz CT molecular complexity index is 1080. The van der Waals surface area contributed by atoms with E-state index in [1.807, 2.05) is 0 Å². The molecule has 3 atom stereocenters. The molecule has 2 aliphatic rings. The lowest BCUT2D eigenvalue weighted by Gasteiger charge is -2.46. The zero-order chi connectivity index (χ0) is 29.4. The maximum atomic E-state index is 13.6. The van der Waals surface area contributed by atoms with Crippen LogP contribution in [0, 0.1) is 0 Å². The predicted octanol–water partition coefficient (Wildman–Crippen LogP) is 0.898. The van der Waals surface area contributed by atoms with Crippen LogP contribution in [0.2, 0.25) is 10.0 Å². The number of hydrogen-bond acceptors (Lipinski definition) is 8. The minimum atomic E-state index is -1.96. The highest BCUT2D eigenvalue weighted by Gasteiger charge is 2.40. The van der Waals surface area contributed by atoms with Crippen molar-refractivity contribution in [3.63, 3.8) is 0 Å². The Kier molecular flexibility index (Phi) is 12.0. The Morgan fingerprint density at radius 2 is 1.77 bits per heavy atom. The van der Waals surface area contributed by atoms with Crippen LogP contribution in [-0.2, 0) is 20.7 Å². The van der Waals surface area contributed by atoms with Crippen LogP contribution in [0.4, 0.5) is 4.79 Å². The summed E-state index contributed by atoms with van der Waals surface area (Å²) in [6.07, 6.45) is -0.843. The monoisotopic (exact) mass is 619 g/mol. The van der Waals surface area contributed by atoms with Crippen LogP contribution in [0.15, 0.2) is 18.2 Å². The van der Waals surface area contributed by atoms with Crippen molar-refractivity contribution < 1.29 is 34.4 Å². The number of nitrogens with one attached hydrogen (secondary N) is 2. The van der Waals surface area contributed by atoms with Crippen LogP contribution in [0.1, 0.15) is 24.8 Å². The van der Waals surface area contributed by atoms with Gasteiger partial charge in [-0.3, -0.25) is 14.5 Å². The van der Waals surface area contributed by atoms with Crippen molar-refractivity contribution in [1.82, 2.24) is 25.3 Å². The zero-order valence-corrected chi connectivity index (χ0v) is 24.4. The standard InChI is InChI=1S/C25H35Cl2N5O7S/c1-39-25(38)32-14-17(12-30-6-2-3-7-30)31(21(33)9-15-4-5-18(26)19(27)8-15)13-16(32)11-28-24(40)29-20(23(36)37)10-22(34)35/h4-5,8,16-17,20,23,36-37H,2-3,6-7,9-14H2,1H3,(H,34,35)(H2,28,29,40)/t16-,17+,20+/m0/s1. The van der Waals surface area contributed by atoms with Crippen LogP contribution in [-0.4, -0.2) is 124 Å². The van der Waals surface area contributed by atoms with Gasteiger partial charge < -0.3 is 40.5 Å². The molecule has 2 fully saturated rings. The third kappa shape index (κ3) is 9.05. The number of rotatable bonds is 10. The average Bonchev–Trinajstić information content (AvgIpc) is 3.41. The molecule has 0 radical (unpaired) electrons. The number of ether oxygens (including phenoxy) is 1. The molecule has 0 bridgehead atoms. The van der Waals surface area contributed by atoms with Crippen LogP contribution in [0.5, 0.6) is 0 Å². The number of amides is 2. The van der Waals surface area contributed by atoms with Gasteiger partial charge in [-0.1, -0.05) is 29.3 Å². The zero-order valence-electron chi connectivity index (χ0n) is 22.1. The van der Waals surface area contributed by atoms with Gasteiger partial charge in [0, 0.05) is 26.2 Å². The van der Waals surface area contributed by atoms with Gasteiger partial charge in [0.25, 0.3) is 0 Å². The molecule has 1 aromatic carbocycles. The van der Waals surface area contributed by atoms with Gasteiger partial charge in [-0.05, 0) is 55.8 Å². The summed E-state index contributed by atoms with van der Waals surface area (Å²) in [5.74, 6) is -1.37. The first-order chi connectivity index (χ1) is 19.0. The van der Waals surface area contributed by atoms with E-state index >= 15 is 0 Å². The van der Waals surface area contributed by atoms with E-state index in [9.17, 15) is 24.6 Å². The molecular formula is C25H35Cl2N5O7S. The van der Waals surface area contributed by atoms with Gasteiger partial charge in [0.1, 0.15) is 0 Å². The molecule has 0 unspecified atom stereocenters. The van der Waals surface area contributed by atoms with Crippen molar-refractivity contribution in [2.75, 3.05) is 46.4 Å². The maximum Gasteiger partial charge on any atom is 0.409 e. The summed E-state index contributed by atoms with van der Waals surface area (Å²) in [7, 11) is 1.29. The lowest BCUT2D eigenvalue weighted by atomic mass is 10.0. The number of likely N-dealkylation sites (tertiary alicyclic amines) is 1. The van der Waals surface area contributed by atoms with E-state index < -0.39 is 36.9 Å². The third-order valence-corrected chi connectivity index (χ3v) is 8.00. The average molecular weight is 621 g/mol. The largest absolute Gasteiger partial charge is 0.481 e. The topological polar surface area (TPSA) is 155 Å². The second-order valence-electron chi connectivity index (χ2n) is 9.88. The molecule has 2 amide bonds. The number of carboxylic acid groups (broad SMARTS) is 1. The fourth-order valence-electron chi connectivity index (χ4n) is 4.96. The molecule has 2 saturated heterocycles. The smallest absolute Gasteiger partial charge is 0.409 e. The van der Waals surface area contributed by atoms with Gasteiger partial charge in [-0.15, -0.1) is 0 Å². The Labute approximate surface area is 248 Å². The number of carbonyl (C=O) groups excluding carboxylic acids is 2. The molecule has 40 heavy (non-hydrogen) atoms. The fraction of sp³-hybridized carbons (Fsp3) is 0.600. The number of benzene rings is 1. The number of methoxy groups -OCH3 is 1. The third-order valence-electron chi connectivity index (χ3n) is 7.00. The van der Waals surface area contributed by atoms with Gasteiger partial charge in [-0.25, -0.2) is 4.79 Å².